The van der Waals surface area contributed by atoms with Crippen molar-refractivity contribution in [2.45, 2.75) is 76.3 Å². The van der Waals surface area contributed by atoms with Crippen molar-refractivity contribution in [2.24, 2.45) is 11.8 Å². The largest absolute Gasteiger partial charge is 0.355 e. The van der Waals surface area contributed by atoms with Crippen LogP contribution in [0.4, 0.5) is 8.78 Å². The van der Waals surface area contributed by atoms with Gasteiger partial charge in [-0.2, -0.15) is 8.78 Å². The molecule has 3 heterocycles. The van der Waals surface area contributed by atoms with Gasteiger partial charge in [0.15, 0.2) is 0 Å². The van der Waals surface area contributed by atoms with Gasteiger partial charge < -0.3 is 19.3 Å². The summed E-state index contributed by atoms with van der Waals surface area (Å²) in [6.07, 6.45) is 6.14. The summed E-state index contributed by atoms with van der Waals surface area (Å²) >= 11 is 0. The van der Waals surface area contributed by atoms with Gasteiger partial charge in [-0.15, -0.1) is 0 Å². The first-order chi connectivity index (χ1) is 16.7. The molecule has 190 valence electrons. The van der Waals surface area contributed by atoms with Gasteiger partial charge in [0.2, 0.25) is 5.76 Å². The number of hydrogen-bond donors (Lipinski definition) is 1. The van der Waals surface area contributed by atoms with E-state index in [4.69, 9.17) is 4.52 Å². The molecule has 5 rings (SSSR count). The van der Waals surface area contributed by atoms with Crippen LogP contribution in [0.2, 0.25) is 0 Å². The van der Waals surface area contributed by atoms with Crippen LogP contribution in [0, 0.1) is 11.8 Å². The van der Waals surface area contributed by atoms with Crippen molar-refractivity contribution < 1.29 is 18.1 Å². The van der Waals surface area contributed by atoms with Gasteiger partial charge in [-0.3, -0.25) is 9.59 Å². The Bertz CT molecular complexity index is 1130. The molecule has 2 atom stereocenters. The Hall–Kier alpha value is -2.55. The molecule has 0 radical (unpaired) electrons. The highest BCUT2D eigenvalue weighted by molar-refractivity contribution is 5.92. The van der Waals surface area contributed by atoms with E-state index in [-0.39, 0.29) is 28.7 Å². The van der Waals surface area contributed by atoms with Gasteiger partial charge in [0.25, 0.3) is 11.5 Å². The van der Waals surface area contributed by atoms with Crippen molar-refractivity contribution in [1.29, 1.82) is 0 Å². The van der Waals surface area contributed by atoms with E-state index in [0.29, 0.717) is 29.8 Å². The van der Waals surface area contributed by atoms with Gasteiger partial charge in [-0.1, -0.05) is 11.2 Å². The second-order valence-electron chi connectivity index (χ2n) is 10.7. The molecule has 1 aliphatic heterocycles. The lowest BCUT2D eigenvalue weighted by atomic mass is 9.84. The molecule has 35 heavy (non-hydrogen) atoms. The Balaban J connectivity index is 1.07. The lowest BCUT2D eigenvalue weighted by Crippen LogP contribution is -2.40. The monoisotopic (exact) mass is 488 g/mol. The quantitative estimate of drug-likeness (QED) is 0.609. The van der Waals surface area contributed by atoms with Gasteiger partial charge in [-0.25, -0.2) is 0 Å². The molecular formula is C26H34F2N4O3. The highest BCUT2D eigenvalue weighted by atomic mass is 19.3. The molecule has 2 aromatic heterocycles. The Labute approximate surface area is 203 Å². The fourth-order valence-corrected chi connectivity index (χ4v) is 6.14. The number of carbonyl (C=O) groups is 1. The van der Waals surface area contributed by atoms with Crippen LogP contribution in [0.15, 0.2) is 33.6 Å². The predicted molar refractivity (Wildman–Crippen MR) is 127 cm³/mol. The molecule has 2 aromatic rings. The Morgan fingerprint density at radius 2 is 2.06 bits per heavy atom. The first kappa shape index (κ1) is 24.2. The van der Waals surface area contributed by atoms with Crippen molar-refractivity contribution in [1.82, 2.24) is 19.9 Å². The van der Waals surface area contributed by atoms with E-state index in [1.54, 1.807) is 12.1 Å². The average Bonchev–Trinajstić information content (AvgIpc) is 3.16. The van der Waals surface area contributed by atoms with Crippen molar-refractivity contribution in [2.75, 3.05) is 19.6 Å². The molecule has 2 saturated carbocycles. The Morgan fingerprint density at radius 1 is 1.29 bits per heavy atom. The molecule has 0 aromatic carbocycles. The van der Waals surface area contributed by atoms with Crippen LogP contribution in [0.5, 0.6) is 0 Å². The van der Waals surface area contributed by atoms with E-state index in [0.717, 1.165) is 65.1 Å². The van der Waals surface area contributed by atoms with Crippen LogP contribution in [0.25, 0.3) is 0 Å². The summed E-state index contributed by atoms with van der Waals surface area (Å²) in [5.41, 5.74) is 0.846. The zero-order chi connectivity index (χ0) is 24.8. The third-order valence-electron chi connectivity index (χ3n) is 8.30. The standard InChI is InChI=1S/C26H34F2N4O3/c1-3-32-20(5-4-6-23(32)33)24(34)29-19-9-7-17(8-10-19)11-12-31-15-18-14-26(18,16-31)21-13-22(35-30-21)25(2,27)28/h4-6,13,17-19H,3,7-12,14-16H2,1-2H3,(H,29,34)/t17-,18?,19-,26-/m0/s1. The molecule has 1 saturated heterocycles. The summed E-state index contributed by atoms with van der Waals surface area (Å²) in [6.45, 7) is 6.03. The molecule has 2 aliphatic carbocycles. The van der Waals surface area contributed by atoms with Crippen LogP contribution in [0.3, 0.4) is 0 Å². The number of halogens is 2. The number of alkyl halides is 2. The molecule has 3 fully saturated rings. The third kappa shape index (κ3) is 4.79. The number of aromatic nitrogens is 2. The summed E-state index contributed by atoms with van der Waals surface area (Å²) < 4.78 is 33.5. The van der Waals surface area contributed by atoms with Gasteiger partial charge in [0.1, 0.15) is 5.69 Å². The first-order valence-corrected chi connectivity index (χ1v) is 12.8. The maximum absolute atomic E-state index is 13.5. The van der Waals surface area contributed by atoms with Crippen molar-refractivity contribution in [3.05, 3.63) is 51.8 Å². The minimum Gasteiger partial charge on any atom is -0.355 e. The smallest absolute Gasteiger partial charge is 0.304 e. The van der Waals surface area contributed by atoms with Crippen LogP contribution in [0.1, 0.15) is 74.3 Å². The predicted octanol–water partition coefficient (Wildman–Crippen LogP) is 3.92. The molecule has 0 spiro atoms. The summed E-state index contributed by atoms with van der Waals surface area (Å²) in [5, 5.41) is 7.12. The van der Waals surface area contributed by atoms with E-state index in [1.165, 1.54) is 16.7 Å². The minimum absolute atomic E-state index is 0.105. The molecular weight excluding hydrogens is 454 g/mol. The van der Waals surface area contributed by atoms with Gasteiger partial charge >= 0.3 is 5.92 Å². The lowest BCUT2D eigenvalue weighted by Gasteiger charge is -2.30. The zero-order valence-corrected chi connectivity index (χ0v) is 20.4. The third-order valence-corrected chi connectivity index (χ3v) is 8.30. The molecule has 9 heteroatoms. The number of amides is 1. The second kappa shape index (κ2) is 9.15. The molecule has 7 nitrogen and oxygen atoms in total. The Kier molecular flexibility index (Phi) is 6.32. The minimum atomic E-state index is -3.00. The summed E-state index contributed by atoms with van der Waals surface area (Å²) in [6, 6.07) is 6.40. The fraction of sp³-hybridized carbons (Fsp3) is 0.654. The van der Waals surface area contributed by atoms with E-state index < -0.39 is 5.92 Å². The maximum Gasteiger partial charge on any atom is 0.304 e. The van der Waals surface area contributed by atoms with Crippen LogP contribution >= 0.6 is 0 Å². The number of likely N-dealkylation sites (tertiary alicyclic amines) is 1. The number of pyridine rings is 1. The van der Waals surface area contributed by atoms with E-state index in [1.807, 2.05) is 6.92 Å². The molecule has 1 N–H and O–H groups in total. The van der Waals surface area contributed by atoms with Crippen LogP contribution in [-0.4, -0.2) is 46.2 Å². The highest BCUT2D eigenvalue weighted by Gasteiger charge is 2.62. The van der Waals surface area contributed by atoms with Gasteiger partial charge in [0.05, 0.1) is 5.69 Å². The number of hydrogen-bond acceptors (Lipinski definition) is 5. The topological polar surface area (TPSA) is 80.4 Å². The number of piperidine rings is 1. The average molecular weight is 489 g/mol. The van der Waals surface area contributed by atoms with Crippen molar-refractivity contribution in [3.63, 3.8) is 0 Å². The number of nitrogens with zero attached hydrogens (tertiary/aromatic N) is 3. The first-order valence-electron chi connectivity index (χ1n) is 12.8. The fourth-order valence-electron chi connectivity index (χ4n) is 6.14. The number of carbonyl (C=O) groups excluding carboxylic acids is 1. The normalized spacial score (nSPS) is 28.6. The maximum atomic E-state index is 13.5. The summed E-state index contributed by atoms with van der Waals surface area (Å²) in [4.78, 5) is 27.2. The molecule has 3 aliphatic rings. The van der Waals surface area contributed by atoms with E-state index >= 15 is 0 Å². The summed E-state index contributed by atoms with van der Waals surface area (Å²) in [5.74, 6) is -2.42. The van der Waals surface area contributed by atoms with Crippen molar-refractivity contribution in [3.8, 4) is 0 Å². The van der Waals surface area contributed by atoms with Crippen LogP contribution < -0.4 is 10.9 Å². The zero-order valence-electron chi connectivity index (χ0n) is 20.4. The van der Waals surface area contributed by atoms with Crippen molar-refractivity contribution >= 4 is 5.91 Å². The summed E-state index contributed by atoms with van der Waals surface area (Å²) in [7, 11) is 0. The number of nitrogens with one attached hydrogen (secondary N) is 1. The number of rotatable bonds is 8. The van der Waals surface area contributed by atoms with E-state index in [2.05, 4.69) is 15.4 Å². The van der Waals surface area contributed by atoms with Gasteiger partial charge in [0, 0.05) is 50.1 Å². The van der Waals surface area contributed by atoms with Crippen LogP contribution in [-0.2, 0) is 17.9 Å². The highest BCUT2D eigenvalue weighted by Crippen LogP contribution is 2.59. The van der Waals surface area contributed by atoms with Gasteiger partial charge in [-0.05, 0) is 69.9 Å². The SMILES string of the molecule is CCn1c(C(=O)N[C@H]2CC[C@H](CCN3CC4C[C@]4(c4cc(C(C)(F)F)on4)C3)CC2)cccc1=O. The molecule has 1 amide bonds. The lowest BCUT2D eigenvalue weighted by molar-refractivity contribution is -0.0105. The molecule has 0 bridgehead atoms. The number of fused-ring (bicyclic) bond motifs is 1. The Morgan fingerprint density at radius 3 is 2.74 bits per heavy atom. The van der Waals surface area contributed by atoms with E-state index in [9.17, 15) is 18.4 Å². The molecule has 1 unspecified atom stereocenters. The second-order valence-corrected chi connectivity index (χ2v) is 10.7.